The van der Waals surface area contributed by atoms with Crippen molar-refractivity contribution in [1.82, 2.24) is 10.2 Å². The molecule has 0 amide bonds. The maximum atomic E-state index is 6.22. The highest BCUT2D eigenvalue weighted by molar-refractivity contribution is 7.99. The van der Waals surface area contributed by atoms with Crippen molar-refractivity contribution in [2.24, 2.45) is 5.92 Å². The third-order valence-electron chi connectivity index (χ3n) is 5.59. The molecule has 3 fully saturated rings. The van der Waals surface area contributed by atoms with Crippen LogP contribution >= 0.6 is 11.8 Å². The van der Waals surface area contributed by atoms with E-state index in [1.54, 1.807) is 0 Å². The van der Waals surface area contributed by atoms with Crippen LogP contribution in [0.3, 0.4) is 0 Å². The minimum Gasteiger partial charge on any atom is -0.374 e. The number of ether oxygens (including phenoxy) is 1. The van der Waals surface area contributed by atoms with Crippen molar-refractivity contribution in [3.05, 3.63) is 0 Å². The van der Waals surface area contributed by atoms with E-state index >= 15 is 0 Å². The van der Waals surface area contributed by atoms with Gasteiger partial charge in [0.15, 0.2) is 0 Å². The minimum atomic E-state index is 0.217. The van der Waals surface area contributed by atoms with Gasteiger partial charge in [0, 0.05) is 31.0 Å². The predicted molar refractivity (Wildman–Crippen MR) is 91.1 cm³/mol. The van der Waals surface area contributed by atoms with Gasteiger partial charge in [0.25, 0.3) is 0 Å². The number of piperidine rings is 1. The molecule has 0 aromatic rings. The van der Waals surface area contributed by atoms with Gasteiger partial charge >= 0.3 is 0 Å². The van der Waals surface area contributed by atoms with E-state index in [-0.39, 0.29) is 5.60 Å². The van der Waals surface area contributed by atoms with Gasteiger partial charge in [-0.05, 0) is 70.7 Å². The second-order valence-corrected chi connectivity index (χ2v) is 8.57. The molecule has 3 heterocycles. The largest absolute Gasteiger partial charge is 0.374 e. The lowest BCUT2D eigenvalue weighted by atomic mass is 9.87. The summed E-state index contributed by atoms with van der Waals surface area (Å²) in [6, 6.07) is 1.40. The molecular formula is C17H32N2OS. The standard InChI is InChI=1S/C17H32N2OS/c1-14(2)19(12-15-3-7-18-8-4-15)16-5-9-20-17(11-16)6-10-21-13-17/h14-16,18H,3-13H2,1-2H3. The van der Waals surface area contributed by atoms with E-state index in [1.165, 1.54) is 63.2 Å². The van der Waals surface area contributed by atoms with Gasteiger partial charge in [-0.15, -0.1) is 0 Å². The Hall–Kier alpha value is 0.230. The second kappa shape index (κ2) is 7.20. The fourth-order valence-corrected chi connectivity index (χ4v) is 5.67. The van der Waals surface area contributed by atoms with Crippen molar-refractivity contribution in [1.29, 1.82) is 0 Å². The molecule has 21 heavy (non-hydrogen) atoms. The van der Waals surface area contributed by atoms with Crippen LogP contribution in [0.15, 0.2) is 0 Å². The van der Waals surface area contributed by atoms with Crippen molar-refractivity contribution in [3.8, 4) is 0 Å². The lowest BCUT2D eigenvalue weighted by Crippen LogP contribution is -2.52. The smallest absolute Gasteiger partial charge is 0.0795 e. The Morgan fingerprint density at radius 1 is 1.29 bits per heavy atom. The minimum absolute atomic E-state index is 0.217. The zero-order chi connectivity index (χ0) is 14.7. The zero-order valence-electron chi connectivity index (χ0n) is 13.8. The summed E-state index contributed by atoms with van der Waals surface area (Å²) in [6.45, 7) is 9.46. The molecule has 0 radical (unpaired) electrons. The molecule has 3 aliphatic rings. The molecule has 122 valence electrons. The molecule has 0 aromatic carbocycles. The van der Waals surface area contributed by atoms with Crippen LogP contribution in [-0.2, 0) is 4.74 Å². The highest BCUT2D eigenvalue weighted by Crippen LogP contribution is 2.40. The average molecular weight is 313 g/mol. The topological polar surface area (TPSA) is 24.5 Å². The van der Waals surface area contributed by atoms with Crippen molar-refractivity contribution in [2.45, 2.75) is 63.6 Å². The van der Waals surface area contributed by atoms with E-state index in [2.05, 4.69) is 35.8 Å². The summed E-state index contributed by atoms with van der Waals surface area (Å²) in [5.74, 6) is 3.41. The summed E-state index contributed by atoms with van der Waals surface area (Å²) in [5, 5.41) is 3.50. The Morgan fingerprint density at radius 2 is 2.10 bits per heavy atom. The van der Waals surface area contributed by atoms with E-state index in [0.717, 1.165) is 18.6 Å². The number of thioether (sulfide) groups is 1. The van der Waals surface area contributed by atoms with Crippen molar-refractivity contribution < 1.29 is 4.74 Å². The fraction of sp³-hybridized carbons (Fsp3) is 1.00. The molecule has 1 spiro atoms. The van der Waals surface area contributed by atoms with Gasteiger partial charge in [0.1, 0.15) is 0 Å². The van der Waals surface area contributed by atoms with E-state index in [1.807, 2.05) is 0 Å². The van der Waals surface area contributed by atoms with Crippen LogP contribution in [0.5, 0.6) is 0 Å². The monoisotopic (exact) mass is 312 g/mol. The highest BCUT2D eigenvalue weighted by Gasteiger charge is 2.42. The summed E-state index contributed by atoms with van der Waals surface area (Å²) in [4.78, 5) is 2.81. The van der Waals surface area contributed by atoms with Crippen molar-refractivity contribution >= 4 is 11.8 Å². The number of hydrogen-bond acceptors (Lipinski definition) is 4. The summed E-state index contributed by atoms with van der Waals surface area (Å²) in [5.41, 5.74) is 0.217. The lowest BCUT2D eigenvalue weighted by Gasteiger charge is -2.45. The maximum Gasteiger partial charge on any atom is 0.0795 e. The molecule has 2 unspecified atom stereocenters. The predicted octanol–water partition coefficient (Wildman–Crippen LogP) is 2.75. The lowest BCUT2D eigenvalue weighted by molar-refractivity contribution is -0.0957. The Morgan fingerprint density at radius 3 is 2.76 bits per heavy atom. The first kappa shape index (κ1) is 16.1. The molecule has 3 nitrogen and oxygen atoms in total. The van der Waals surface area contributed by atoms with Gasteiger partial charge in [0.2, 0.25) is 0 Å². The van der Waals surface area contributed by atoms with E-state index in [4.69, 9.17) is 4.74 Å². The third kappa shape index (κ3) is 3.95. The first-order chi connectivity index (χ1) is 10.2. The van der Waals surface area contributed by atoms with Crippen LogP contribution in [0.4, 0.5) is 0 Å². The molecule has 0 bridgehead atoms. The number of hydrogen-bond donors (Lipinski definition) is 1. The van der Waals surface area contributed by atoms with Gasteiger partial charge < -0.3 is 10.1 Å². The average Bonchev–Trinajstić information content (AvgIpc) is 2.93. The van der Waals surface area contributed by atoms with Gasteiger partial charge in [-0.25, -0.2) is 0 Å². The summed E-state index contributed by atoms with van der Waals surface area (Å²) in [7, 11) is 0. The third-order valence-corrected chi connectivity index (χ3v) is 6.82. The summed E-state index contributed by atoms with van der Waals surface area (Å²) in [6.07, 6.45) is 6.48. The van der Waals surface area contributed by atoms with Gasteiger partial charge in [0.05, 0.1) is 5.60 Å². The number of nitrogens with zero attached hydrogens (tertiary/aromatic N) is 1. The maximum absolute atomic E-state index is 6.22. The molecule has 0 aromatic heterocycles. The Bertz CT molecular complexity index is 325. The normalized spacial score (nSPS) is 35.1. The van der Waals surface area contributed by atoms with E-state index < -0.39 is 0 Å². The van der Waals surface area contributed by atoms with Crippen molar-refractivity contribution in [2.75, 3.05) is 37.7 Å². The molecular weight excluding hydrogens is 280 g/mol. The molecule has 0 saturated carbocycles. The van der Waals surface area contributed by atoms with E-state index in [9.17, 15) is 0 Å². The highest BCUT2D eigenvalue weighted by atomic mass is 32.2. The van der Waals surface area contributed by atoms with Gasteiger partial charge in [-0.3, -0.25) is 4.90 Å². The molecule has 1 N–H and O–H groups in total. The zero-order valence-corrected chi connectivity index (χ0v) is 14.6. The quantitative estimate of drug-likeness (QED) is 0.863. The first-order valence-corrected chi connectivity index (χ1v) is 10.0. The number of rotatable bonds is 4. The van der Waals surface area contributed by atoms with Crippen LogP contribution in [0.2, 0.25) is 0 Å². The van der Waals surface area contributed by atoms with Gasteiger partial charge in [-0.2, -0.15) is 11.8 Å². The molecule has 0 aliphatic carbocycles. The SMILES string of the molecule is CC(C)N(CC1CCNCC1)C1CCOC2(CCSC2)C1. The second-order valence-electron chi connectivity index (χ2n) is 7.46. The van der Waals surface area contributed by atoms with Crippen LogP contribution in [0.25, 0.3) is 0 Å². The molecule has 4 heteroatoms. The Labute approximate surface area is 134 Å². The van der Waals surface area contributed by atoms with Crippen LogP contribution in [0.1, 0.15) is 46.0 Å². The van der Waals surface area contributed by atoms with Crippen LogP contribution in [-0.4, -0.2) is 60.3 Å². The number of nitrogens with one attached hydrogen (secondary N) is 1. The van der Waals surface area contributed by atoms with Crippen LogP contribution < -0.4 is 5.32 Å². The molecule has 3 saturated heterocycles. The van der Waals surface area contributed by atoms with Gasteiger partial charge in [-0.1, -0.05) is 0 Å². The molecule has 2 atom stereocenters. The van der Waals surface area contributed by atoms with Crippen LogP contribution in [0, 0.1) is 5.92 Å². The summed E-state index contributed by atoms with van der Waals surface area (Å²) >= 11 is 2.09. The fourth-order valence-electron chi connectivity index (χ4n) is 4.29. The first-order valence-electron chi connectivity index (χ1n) is 8.87. The molecule has 3 rings (SSSR count). The van der Waals surface area contributed by atoms with E-state index in [0.29, 0.717) is 6.04 Å². The Balaban J connectivity index is 1.62. The van der Waals surface area contributed by atoms with Crippen molar-refractivity contribution in [3.63, 3.8) is 0 Å². The molecule has 3 aliphatic heterocycles. The Kier molecular flexibility index (Phi) is 5.52. The summed E-state index contributed by atoms with van der Waals surface area (Å²) < 4.78 is 6.22.